The van der Waals surface area contributed by atoms with Crippen LogP contribution in [0.25, 0.3) is 0 Å². The Morgan fingerprint density at radius 2 is 1.75 bits per heavy atom. The molecule has 0 unspecified atom stereocenters. The van der Waals surface area contributed by atoms with E-state index in [1.165, 1.54) is 19.2 Å². The molecule has 1 saturated heterocycles. The quantitative estimate of drug-likeness (QED) is 0.733. The van der Waals surface area contributed by atoms with Crippen molar-refractivity contribution in [2.24, 2.45) is 0 Å². The van der Waals surface area contributed by atoms with E-state index in [4.69, 9.17) is 9.47 Å². The minimum Gasteiger partial charge on any atom is -0.495 e. The van der Waals surface area contributed by atoms with E-state index in [0.29, 0.717) is 15.9 Å². The number of anilines is 1. The molecule has 0 amide bonds. The van der Waals surface area contributed by atoms with Crippen molar-refractivity contribution in [1.29, 1.82) is 0 Å². The molecule has 1 aromatic rings. The van der Waals surface area contributed by atoms with Crippen LogP contribution in [-0.4, -0.2) is 43.1 Å². The third kappa shape index (κ3) is 3.05. The van der Waals surface area contributed by atoms with Crippen LogP contribution in [0.1, 0.15) is 11.7 Å². The Labute approximate surface area is 118 Å². The van der Waals surface area contributed by atoms with Gasteiger partial charge in [-0.25, -0.2) is 16.8 Å². The number of hydrogen-bond acceptors (Lipinski definition) is 6. The van der Waals surface area contributed by atoms with Crippen molar-refractivity contribution < 1.29 is 26.3 Å². The van der Waals surface area contributed by atoms with E-state index >= 15 is 0 Å². The molecule has 1 fully saturated rings. The minimum atomic E-state index is -4.01. The van der Waals surface area contributed by atoms with E-state index in [0.717, 1.165) is 12.5 Å². The summed E-state index contributed by atoms with van der Waals surface area (Å²) in [5.74, 6) is 0.158. The number of methoxy groups -OCH3 is 1. The van der Waals surface area contributed by atoms with Crippen LogP contribution in [0.2, 0.25) is 0 Å². The number of ether oxygens (including phenoxy) is 2. The van der Waals surface area contributed by atoms with Gasteiger partial charge in [0.25, 0.3) is 0 Å². The molecule has 7 nitrogen and oxygen atoms in total. The third-order valence-corrected chi connectivity index (χ3v) is 5.93. The van der Waals surface area contributed by atoms with Crippen molar-refractivity contribution in [1.82, 2.24) is 0 Å². The van der Waals surface area contributed by atoms with Gasteiger partial charge in [-0.15, -0.1) is 0 Å². The van der Waals surface area contributed by atoms with Crippen molar-refractivity contribution in [3.05, 3.63) is 23.8 Å². The molecule has 1 heterocycles. The van der Waals surface area contributed by atoms with Crippen molar-refractivity contribution in [3.8, 4) is 5.75 Å². The standard InChI is InChI=1S/C11H15NO6S2/c1-17-10-5-4-8(11-7-18-11)6-9(10)12(19(2,13)14)20(3,15)16/h4-6,11H,7H2,1-3H3/t11-/m0/s1. The predicted octanol–water partition coefficient (Wildman–Crippen LogP) is 0.492. The molecule has 112 valence electrons. The van der Waals surface area contributed by atoms with E-state index in [1.54, 1.807) is 6.07 Å². The highest BCUT2D eigenvalue weighted by molar-refractivity contribution is 8.09. The van der Waals surface area contributed by atoms with Crippen LogP contribution in [0, 0.1) is 0 Å². The molecule has 2 rings (SSSR count). The Balaban J connectivity index is 2.65. The van der Waals surface area contributed by atoms with Crippen LogP contribution in [-0.2, 0) is 24.8 Å². The van der Waals surface area contributed by atoms with Gasteiger partial charge in [-0.05, 0) is 17.7 Å². The number of benzene rings is 1. The Bertz CT molecular complexity index is 689. The Hall–Kier alpha value is -1.32. The first-order chi connectivity index (χ1) is 9.14. The molecule has 0 aliphatic carbocycles. The normalized spacial score (nSPS) is 18.6. The van der Waals surface area contributed by atoms with Gasteiger partial charge in [-0.2, -0.15) is 3.71 Å². The zero-order chi connectivity index (χ0) is 15.1. The van der Waals surface area contributed by atoms with E-state index < -0.39 is 20.0 Å². The highest BCUT2D eigenvalue weighted by Gasteiger charge is 2.32. The average Bonchev–Trinajstić information content (AvgIpc) is 3.08. The monoisotopic (exact) mass is 321 g/mol. The van der Waals surface area contributed by atoms with Crippen LogP contribution < -0.4 is 8.45 Å². The molecule has 0 N–H and O–H groups in total. The number of hydrogen-bond donors (Lipinski definition) is 0. The second kappa shape index (κ2) is 4.90. The second-order valence-electron chi connectivity index (χ2n) is 4.48. The van der Waals surface area contributed by atoms with Crippen LogP contribution in [0.4, 0.5) is 5.69 Å². The largest absolute Gasteiger partial charge is 0.495 e. The molecule has 1 aliphatic heterocycles. The maximum absolute atomic E-state index is 11.8. The van der Waals surface area contributed by atoms with Gasteiger partial charge in [0.1, 0.15) is 17.5 Å². The van der Waals surface area contributed by atoms with Crippen LogP contribution in [0.5, 0.6) is 5.75 Å². The maximum atomic E-state index is 11.8. The lowest BCUT2D eigenvalue weighted by Crippen LogP contribution is -2.35. The van der Waals surface area contributed by atoms with E-state index in [1.807, 2.05) is 0 Å². The molecule has 1 aromatic carbocycles. The highest BCUT2D eigenvalue weighted by atomic mass is 32.3. The summed E-state index contributed by atoms with van der Waals surface area (Å²) in [6, 6.07) is 4.69. The van der Waals surface area contributed by atoms with Gasteiger partial charge < -0.3 is 9.47 Å². The van der Waals surface area contributed by atoms with E-state index in [9.17, 15) is 16.8 Å². The lowest BCUT2D eigenvalue weighted by molar-refractivity contribution is 0.410. The fourth-order valence-electron chi connectivity index (χ4n) is 1.89. The molecule has 20 heavy (non-hydrogen) atoms. The van der Waals surface area contributed by atoms with Gasteiger partial charge in [-0.3, -0.25) is 0 Å². The van der Waals surface area contributed by atoms with Gasteiger partial charge in [0.2, 0.25) is 20.0 Å². The molecule has 0 bridgehead atoms. The average molecular weight is 321 g/mol. The summed E-state index contributed by atoms with van der Waals surface area (Å²) in [6.45, 7) is 0.531. The Kier molecular flexibility index (Phi) is 3.69. The predicted molar refractivity (Wildman–Crippen MR) is 73.9 cm³/mol. The fourth-order valence-corrected chi connectivity index (χ4v) is 4.86. The van der Waals surface area contributed by atoms with Crippen LogP contribution >= 0.6 is 0 Å². The topological polar surface area (TPSA) is 93.3 Å². The third-order valence-electron chi connectivity index (χ3n) is 2.71. The summed E-state index contributed by atoms with van der Waals surface area (Å²) in [5.41, 5.74) is 0.670. The van der Waals surface area contributed by atoms with E-state index in [2.05, 4.69) is 0 Å². The smallest absolute Gasteiger partial charge is 0.245 e. The number of rotatable bonds is 5. The van der Waals surface area contributed by atoms with Gasteiger partial charge in [-0.1, -0.05) is 6.07 Å². The maximum Gasteiger partial charge on any atom is 0.245 e. The van der Waals surface area contributed by atoms with Crippen molar-refractivity contribution in [2.75, 3.05) is 29.9 Å². The summed E-state index contributed by atoms with van der Waals surface area (Å²) >= 11 is 0. The van der Waals surface area contributed by atoms with Crippen molar-refractivity contribution in [2.45, 2.75) is 6.10 Å². The molecule has 0 saturated carbocycles. The number of nitrogens with zero attached hydrogens (tertiary/aromatic N) is 1. The molecule has 0 aromatic heterocycles. The molecule has 0 radical (unpaired) electrons. The van der Waals surface area contributed by atoms with Gasteiger partial charge in [0.05, 0.1) is 26.2 Å². The fraction of sp³-hybridized carbons (Fsp3) is 0.455. The SMILES string of the molecule is COc1ccc([C@@H]2CO2)cc1N(S(C)(=O)=O)S(C)(=O)=O. The highest BCUT2D eigenvalue weighted by Crippen LogP contribution is 2.38. The first-order valence-electron chi connectivity index (χ1n) is 5.64. The minimum absolute atomic E-state index is 0.0366. The number of epoxide rings is 1. The van der Waals surface area contributed by atoms with Gasteiger partial charge in [0, 0.05) is 0 Å². The summed E-state index contributed by atoms with van der Waals surface area (Å²) in [5, 5.41) is 0. The zero-order valence-corrected chi connectivity index (χ0v) is 12.9. The number of sulfonamides is 2. The van der Waals surface area contributed by atoms with Crippen LogP contribution in [0.15, 0.2) is 18.2 Å². The molecular formula is C11H15NO6S2. The lowest BCUT2D eigenvalue weighted by Gasteiger charge is -2.22. The summed E-state index contributed by atoms with van der Waals surface area (Å²) in [6.07, 6.45) is 1.53. The lowest BCUT2D eigenvalue weighted by atomic mass is 10.1. The second-order valence-corrected chi connectivity index (χ2v) is 8.37. The first-order valence-corrected chi connectivity index (χ1v) is 9.34. The molecule has 1 aliphatic rings. The summed E-state index contributed by atoms with van der Waals surface area (Å²) in [4.78, 5) is 0. The van der Waals surface area contributed by atoms with Gasteiger partial charge in [0.15, 0.2) is 0 Å². The van der Waals surface area contributed by atoms with Gasteiger partial charge >= 0.3 is 0 Å². The first kappa shape index (κ1) is 15.1. The summed E-state index contributed by atoms with van der Waals surface area (Å²) < 4.78 is 57.8. The Morgan fingerprint density at radius 1 is 1.20 bits per heavy atom. The van der Waals surface area contributed by atoms with E-state index in [-0.39, 0.29) is 17.5 Å². The zero-order valence-electron chi connectivity index (χ0n) is 11.2. The molecule has 1 atom stereocenters. The Morgan fingerprint density at radius 3 is 2.15 bits per heavy atom. The van der Waals surface area contributed by atoms with Crippen molar-refractivity contribution >= 4 is 25.7 Å². The molecule has 0 spiro atoms. The molecule has 9 heteroatoms. The van der Waals surface area contributed by atoms with Crippen molar-refractivity contribution in [3.63, 3.8) is 0 Å². The summed E-state index contributed by atoms with van der Waals surface area (Å²) in [7, 11) is -6.67. The molecular weight excluding hydrogens is 306 g/mol. The van der Waals surface area contributed by atoms with Crippen LogP contribution in [0.3, 0.4) is 0 Å².